The molecule has 3 heterocycles. The normalized spacial score (nSPS) is 54.7. The van der Waals surface area contributed by atoms with Crippen molar-refractivity contribution >= 4 is 5.97 Å². The van der Waals surface area contributed by atoms with Gasteiger partial charge < -0.3 is 24.1 Å². The Bertz CT molecular complexity index is 635. The number of carbonyl (C=O) groups excluding carboxylic acids is 1. The molecule has 0 aromatic heterocycles. The van der Waals surface area contributed by atoms with Crippen LogP contribution >= 0.6 is 0 Å². The first-order chi connectivity index (χ1) is 13.6. The van der Waals surface area contributed by atoms with E-state index in [9.17, 15) is 9.90 Å². The lowest BCUT2D eigenvalue weighted by atomic mass is 9.59. The van der Waals surface area contributed by atoms with E-state index in [0.717, 1.165) is 19.3 Å². The zero-order valence-electron chi connectivity index (χ0n) is 18.7. The summed E-state index contributed by atoms with van der Waals surface area (Å²) in [5.74, 6) is 1.27. The van der Waals surface area contributed by atoms with Gasteiger partial charge in [0.2, 0.25) is 0 Å². The third kappa shape index (κ3) is 3.54. The Balaban J connectivity index is 1.80. The summed E-state index contributed by atoms with van der Waals surface area (Å²) >= 11 is 0. The van der Waals surface area contributed by atoms with Crippen molar-refractivity contribution < 1.29 is 28.8 Å². The second-order valence-corrected chi connectivity index (χ2v) is 10.6. The van der Waals surface area contributed by atoms with Gasteiger partial charge in [0.1, 0.15) is 6.10 Å². The maximum absolute atomic E-state index is 12.0. The summed E-state index contributed by atoms with van der Waals surface area (Å²) in [7, 11) is 1.66. The Morgan fingerprint density at radius 1 is 1.17 bits per heavy atom. The minimum Gasteiger partial charge on any atom is -0.462 e. The van der Waals surface area contributed by atoms with Gasteiger partial charge in [-0.25, -0.2) is 0 Å². The average Bonchev–Trinajstić information content (AvgIpc) is 2.97. The first-order valence-corrected chi connectivity index (χ1v) is 11.3. The van der Waals surface area contributed by atoms with E-state index in [0.29, 0.717) is 24.9 Å². The van der Waals surface area contributed by atoms with Gasteiger partial charge in [-0.3, -0.25) is 4.79 Å². The number of rotatable bonds is 2. The van der Waals surface area contributed by atoms with E-state index in [2.05, 4.69) is 20.8 Å². The van der Waals surface area contributed by atoms with Crippen LogP contribution in [0.2, 0.25) is 0 Å². The molecule has 6 nitrogen and oxygen atoms in total. The molecule has 0 radical (unpaired) electrons. The van der Waals surface area contributed by atoms with E-state index in [1.807, 2.05) is 6.92 Å². The minimum absolute atomic E-state index is 0.0515. The molecule has 4 rings (SSSR count). The molecule has 1 saturated carbocycles. The molecule has 166 valence electrons. The van der Waals surface area contributed by atoms with Crippen LogP contribution in [0.15, 0.2) is 0 Å². The van der Waals surface area contributed by atoms with Crippen LogP contribution in [-0.2, 0) is 23.7 Å². The molecule has 0 amide bonds. The number of hydrogen-bond donors (Lipinski definition) is 1. The highest BCUT2D eigenvalue weighted by Crippen LogP contribution is 2.58. The Hall–Kier alpha value is -0.690. The lowest BCUT2D eigenvalue weighted by molar-refractivity contribution is -0.163. The molecule has 0 spiro atoms. The molecule has 3 saturated heterocycles. The summed E-state index contributed by atoms with van der Waals surface area (Å²) in [6, 6.07) is 0. The third-order valence-corrected chi connectivity index (χ3v) is 8.43. The molecule has 6 heteroatoms. The average molecular weight is 411 g/mol. The van der Waals surface area contributed by atoms with Gasteiger partial charge in [0.25, 0.3) is 0 Å². The van der Waals surface area contributed by atoms with Crippen LogP contribution in [0.5, 0.6) is 0 Å². The van der Waals surface area contributed by atoms with Gasteiger partial charge >= 0.3 is 5.97 Å². The van der Waals surface area contributed by atoms with Crippen molar-refractivity contribution in [1.82, 2.24) is 0 Å². The Labute approximate surface area is 174 Å². The molecule has 1 N–H and O–H groups in total. The predicted octanol–water partition coefficient (Wildman–Crippen LogP) is 2.95. The number of methoxy groups -OCH3 is 1. The highest BCUT2D eigenvalue weighted by Gasteiger charge is 2.64. The number of aliphatic hydroxyl groups is 1. The molecule has 3 aliphatic heterocycles. The molecule has 1 aliphatic carbocycles. The SMILES string of the molecule is CO[C@@H]1CC[C@]2(C)OC[C@H](C)[C@H]3C[C@@H](C)[C@@H](OC(C)=O)[C@@H]4[C@H]3[C@@H]2O[C@H]4C[C@@]1(C)O. The van der Waals surface area contributed by atoms with Gasteiger partial charge in [0.15, 0.2) is 0 Å². The summed E-state index contributed by atoms with van der Waals surface area (Å²) in [5, 5.41) is 11.3. The fourth-order valence-electron chi connectivity index (χ4n) is 6.97. The predicted molar refractivity (Wildman–Crippen MR) is 107 cm³/mol. The second kappa shape index (κ2) is 7.47. The van der Waals surface area contributed by atoms with E-state index in [4.69, 9.17) is 18.9 Å². The van der Waals surface area contributed by atoms with E-state index in [-0.39, 0.29) is 48.1 Å². The summed E-state index contributed by atoms with van der Waals surface area (Å²) in [4.78, 5) is 12.0. The number of esters is 1. The molecule has 4 aliphatic rings. The Kier molecular flexibility index (Phi) is 5.55. The van der Waals surface area contributed by atoms with Crippen molar-refractivity contribution in [3.05, 3.63) is 0 Å². The first kappa shape index (κ1) is 21.5. The van der Waals surface area contributed by atoms with Crippen molar-refractivity contribution in [3.8, 4) is 0 Å². The molecule has 4 fully saturated rings. The van der Waals surface area contributed by atoms with Crippen LogP contribution in [0.4, 0.5) is 0 Å². The standard InChI is InChI=1S/C23H38O6/c1-12-9-15-13(2)11-27-23(5)8-7-17(26-6)22(4,25)10-16-19(18(15)21(23)29-16)20(12)28-14(3)24/h12-13,15-21,25H,7-11H2,1-6H3/t12-,13+,15-,16+,17-,18+,19+,20-,21+,22-,23+/m1/s1. The van der Waals surface area contributed by atoms with Gasteiger partial charge in [-0.1, -0.05) is 13.8 Å². The molecular formula is C23H38O6. The first-order valence-electron chi connectivity index (χ1n) is 11.3. The van der Waals surface area contributed by atoms with Crippen LogP contribution in [0.25, 0.3) is 0 Å². The molecule has 0 aromatic carbocycles. The Morgan fingerprint density at radius 3 is 2.55 bits per heavy atom. The summed E-state index contributed by atoms with van der Waals surface area (Å²) in [5.41, 5.74) is -1.44. The maximum atomic E-state index is 12.0. The molecule has 2 bridgehead atoms. The van der Waals surface area contributed by atoms with E-state index in [1.54, 1.807) is 7.11 Å². The van der Waals surface area contributed by atoms with Crippen molar-refractivity contribution in [2.24, 2.45) is 29.6 Å². The van der Waals surface area contributed by atoms with Gasteiger partial charge in [-0.05, 0) is 56.8 Å². The largest absolute Gasteiger partial charge is 0.462 e. The van der Waals surface area contributed by atoms with E-state index < -0.39 is 11.2 Å². The summed E-state index contributed by atoms with van der Waals surface area (Å²) in [6.45, 7) is 10.7. The smallest absolute Gasteiger partial charge is 0.302 e. The summed E-state index contributed by atoms with van der Waals surface area (Å²) < 4.78 is 24.9. The van der Waals surface area contributed by atoms with Crippen molar-refractivity contribution in [2.45, 2.75) is 95.9 Å². The van der Waals surface area contributed by atoms with Crippen LogP contribution in [0.1, 0.15) is 60.3 Å². The fraction of sp³-hybridized carbons (Fsp3) is 0.957. The van der Waals surface area contributed by atoms with Crippen LogP contribution in [0.3, 0.4) is 0 Å². The van der Waals surface area contributed by atoms with Crippen LogP contribution in [0, 0.1) is 29.6 Å². The zero-order valence-corrected chi connectivity index (χ0v) is 18.7. The van der Waals surface area contributed by atoms with Crippen LogP contribution < -0.4 is 0 Å². The lowest BCUT2D eigenvalue weighted by Crippen LogP contribution is -2.54. The topological polar surface area (TPSA) is 74.2 Å². The van der Waals surface area contributed by atoms with Gasteiger partial charge in [-0.15, -0.1) is 0 Å². The Morgan fingerprint density at radius 2 is 1.90 bits per heavy atom. The van der Waals surface area contributed by atoms with Gasteiger partial charge in [0, 0.05) is 26.4 Å². The minimum atomic E-state index is -1.01. The molecule has 29 heavy (non-hydrogen) atoms. The quantitative estimate of drug-likeness (QED) is 0.706. The second-order valence-electron chi connectivity index (χ2n) is 10.6. The van der Waals surface area contributed by atoms with Gasteiger partial charge in [-0.2, -0.15) is 0 Å². The fourth-order valence-corrected chi connectivity index (χ4v) is 6.97. The maximum Gasteiger partial charge on any atom is 0.302 e. The molecule has 0 aromatic rings. The third-order valence-electron chi connectivity index (χ3n) is 8.43. The molecule has 11 atom stereocenters. The monoisotopic (exact) mass is 410 g/mol. The van der Waals surface area contributed by atoms with Crippen molar-refractivity contribution in [1.29, 1.82) is 0 Å². The number of ether oxygens (including phenoxy) is 4. The molecular weight excluding hydrogens is 372 g/mol. The number of carbonyl (C=O) groups is 1. The van der Waals surface area contributed by atoms with Gasteiger partial charge in [0.05, 0.1) is 36.1 Å². The highest BCUT2D eigenvalue weighted by molar-refractivity contribution is 5.66. The van der Waals surface area contributed by atoms with E-state index >= 15 is 0 Å². The highest BCUT2D eigenvalue weighted by atomic mass is 16.6. The van der Waals surface area contributed by atoms with E-state index in [1.165, 1.54) is 6.92 Å². The summed E-state index contributed by atoms with van der Waals surface area (Å²) in [6.07, 6.45) is 2.29. The lowest BCUT2D eigenvalue weighted by Gasteiger charge is -2.47. The van der Waals surface area contributed by atoms with Crippen molar-refractivity contribution in [3.63, 3.8) is 0 Å². The van der Waals surface area contributed by atoms with Crippen molar-refractivity contribution in [2.75, 3.05) is 13.7 Å². The van der Waals surface area contributed by atoms with Crippen LogP contribution in [-0.4, -0.2) is 60.4 Å². The number of hydrogen-bond acceptors (Lipinski definition) is 6. The zero-order chi connectivity index (χ0) is 21.1. The number of fused-ring (bicyclic) bond motifs is 2. The molecule has 0 unspecified atom stereocenters.